The average Bonchev–Trinajstić information content (AvgIpc) is 2.53. The lowest BCUT2D eigenvalue weighted by molar-refractivity contribution is 0.0527. The summed E-state index contributed by atoms with van der Waals surface area (Å²) in [6, 6.07) is 0.685. The maximum Gasteiger partial charge on any atom is 0.407 e. The van der Waals surface area contributed by atoms with E-state index in [0.717, 1.165) is 32.0 Å². The number of rotatable bonds is 7. The molecule has 25 heavy (non-hydrogen) atoms. The number of nitrogens with one attached hydrogen (secondary N) is 3. The van der Waals surface area contributed by atoms with E-state index in [1.165, 1.54) is 25.8 Å². The Hall–Kier alpha value is -1.50. The summed E-state index contributed by atoms with van der Waals surface area (Å²) in [5.74, 6) is 0.807. The Bertz CT molecular complexity index is 420. The highest BCUT2D eigenvalue weighted by Crippen LogP contribution is 2.15. The predicted molar refractivity (Wildman–Crippen MR) is 103 cm³/mol. The Morgan fingerprint density at radius 2 is 1.84 bits per heavy atom. The number of ether oxygens (including phenoxy) is 1. The quantitative estimate of drug-likeness (QED) is 0.370. The summed E-state index contributed by atoms with van der Waals surface area (Å²) in [4.78, 5) is 18.3. The molecule has 1 aliphatic heterocycles. The minimum Gasteiger partial charge on any atom is -0.444 e. The molecule has 1 rings (SSSR count). The molecule has 7 heteroatoms. The van der Waals surface area contributed by atoms with Gasteiger partial charge in [0.2, 0.25) is 0 Å². The number of aliphatic imine (C=N–C) groups is 1. The van der Waals surface area contributed by atoms with Gasteiger partial charge < -0.3 is 20.7 Å². The zero-order valence-corrected chi connectivity index (χ0v) is 16.7. The fourth-order valence-electron chi connectivity index (χ4n) is 2.83. The zero-order valence-electron chi connectivity index (χ0n) is 16.7. The van der Waals surface area contributed by atoms with Gasteiger partial charge in [-0.25, -0.2) is 4.79 Å². The summed E-state index contributed by atoms with van der Waals surface area (Å²) in [6.45, 7) is 12.3. The van der Waals surface area contributed by atoms with Crippen molar-refractivity contribution in [3.05, 3.63) is 0 Å². The number of hydrogen-bond donors (Lipinski definition) is 3. The maximum atomic E-state index is 11.5. The number of likely N-dealkylation sites (tertiary alicyclic amines) is 1. The summed E-state index contributed by atoms with van der Waals surface area (Å²) in [5, 5.41) is 9.38. The van der Waals surface area contributed by atoms with Gasteiger partial charge in [-0.2, -0.15) is 0 Å². The van der Waals surface area contributed by atoms with E-state index in [-0.39, 0.29) is 6.09 Å². The molecule has 1 aliphatic rings. The van der Waals surface area contributed by atoms with E-state index in [2.05, 4.69) is 32.8 Å². The van der Waals surface area contributed by atoms with Crippen LogP contribution < -0.4 is 16.0 Å². The fourth-order valence-corrected chi connectivity index (χ4v) is 2.83. The molecule has 0 radical (unpaired) electrons. The van der Waals surface area contributed by atoms with Crippen molar-refractivity contribution in [2.24, 2.45) is 4.99 Å². The highest BCUT2D eigenvalue weighted by atomic mass is 16.6. The van der Waals surface area contributed by atoms with Gasteiger partial charge in [0.25, 0.3) is 0 Å². The summed E-state index contributed by atoms with van der Waals surface area (Å²) >= 11 is 0. The SMILES string of the molecule is CN=C(NCCCNC(=O)OC(C)(C)C)NCCN1CCCCC1C. The van der Waals surface area contributed by atoms with Crippen LogP contribution in [0.4, 0.5) is 4.79 Å². The van der Waals surface area contributed by atoms with Crippen LogP contribution in [0.2, 0.25) is 0 Å². The smallest absolute Gasteiger partial charge is 0.407 e. The second-order valence-corrected chi connectivity index (χ2v) is 7.59. The van der Waals surface area contributed by atoms with Crippen molar-refractivity contribution >= 4 is 12.1 Å². The molecule has 1 saturated heterocycles. The van der Waals surface area contributed by atoms with E-state index in [1.54, 1.807) is 7.05 Å². The number of piperidine rings is 1. The molecule has 0 saturated carbocycles. The van der Waals surface area contributed by atoms with E-state index in [9.17, 15) is 4.79 Å². The first-order valence-electron chi connectivity index (χ1n) is 9.47. The average molecular weight is 356 g/mol. The first kappa shape index (κ1) is 21.5. The molecule has 0 aromatic carbocycles. The molecule has 0 aromatic heterocycles. The Morgan fingerprint density at radius 3 is 2.48 bits per heavy atom. The maximum absolute atomic E-state index is 11.5. The molecule has 0 aromatic rings. The van der Waals surface area contributed by atoms with Crippen LogP contribution in [0.5, 0.6) is 0 Å². The molecule has 3 N–H and O–H groups in total. The van der Waals surface area contributed by atoms with E-state index < -0.39 is 5.60 Å². The van der Waals surface area contributed by atoms with E-state index in [0.29, 0.717) is 12.6 Å². The van der Waals surface area contributed by atoms with Gasteiger partial charge in [-0.1, -0.05) is 6.42 Å². The topological polar surface area (TPSA) is 78.0 Å². The van der Waals surface area contributed by atoms with E-state index >= 15 is 0 Å². The van der Waals surface area contributed by atoms with Gasteiger partial charge in [-0.15, -0.1) is 0 Å². The van der Waals surface area contributed by atoms with Gasteiger partial charge in [-0.3, -0.25) is 9.89 Å². The summed E-state index contributed by atoms with van der Waals surface area (Å²) in [5.41, 5.74) is -0.458. The number of guanidine groups is 1. The van der Waals surface area contributed by atoms with Crippen LogP contribution in [0.15, 0.2) is 4.99 Å². The van der Waals surface area contributed by atoms with Crippen molar-refractivity contribution in [2.75, 3.05) is 39.8 Å². The molecule has 0 aliphatic carbocycles. The lowest BCUT2D eigenvalue weighted by Crippen LogP contribution is -2.45. The van der Waals surface area contributed by atoms with Crippen molar-refractivity contribution in [2.45, 2.75) is 65.0 Å². The number of carbonyl (C=O) groups is 1. The van der Waals surface area contributed by atoms with Gasteiger partial charge in [0.15, 0.2) is 5.96 Å². The molecular weight excluding hydrogens is 318 g/mol. The van der Waals surface area contributed by atoms with Crippen LogP contribution >= 0.6 is 0 Å². The highest BCUT2D eigenvalue weighted by molar-refractivity contribution is 5.79. The Kier molecular flexibility index (Phi) is 9.63. The Labute approximate surface area is 153 Å². The zero-order chi connectivity index (χ0) is 18.7. The third kappa shape index (κ3) is 10.2. The third-order valence-electron chi connectivity index (χ3n) is 4.17. The standard InChI is InChI=1S/C18H37N5O2/c1-15-9-6-7-13-23(15)14-12-21-16(19-5)20-10-8-11-22-17(24)25-18(2,3)4/h15H,6-14H2,1-5H3,(H,22,24)(H2,19,20,21). The van der Waals surface area contributed by atoms with Crippen LogP contribution in [0.25, 0.3) is 0 Å². The van der Waals surface area contributed by atoms with Gasteiger partial charge in [0, 0.05) is 39.3 Å². The van der Waals surface area contributed by atoms with Gasteiger partial charge in [-0.05, 0) is 53.5 Å². The second-order valence-electron chi connectivity index (χ2n) is 7.59. The van der Waals surface area contributed by atoms with Gasteiger partial charge in [0.05, 0.1) is 0 Å². The van der Waals surface area contributed by atoms with Crippen LogP contribution in [-0.4, -0.2) is 68.4 Å². The third-order valence-corrected chi connectivity index (χ3v) is 4.17. The molecule has 1 fully saturated rings. The second kappa shape index (κ2) is 11.2. The summed E-state index contributed by atoms with van der Waals surface area (Å²) in [6.07, 6.45) is 4.40. The van der Waals surface area contributed by atoms with E-state index in [1.807, 2.05) is 20.8 Å². The molecule has 1 amide bonds. The summed E-state index contributed by atoms with van der Waals surface area (Å²) in [7, 11) is 1.78. The Balaban J connectivity index is 2.09. The predicted octanol–water partition coefficient (Wildman–Crippen LogP) is 1.94. The minimum absolute atomic E-state index is 0.370. The highest BCUT2D eigenvalue weighted by Gasteiger charge is 2.17. The van der Waals surface area contributed by atoms with Crippen LogP contribution in [0.1, 0.15) is 53.4 Å². The molecule has 1 atom stereocenters. The van der Waals surface area contributed by atoms with Crippen molar-refractivity contribution in [1.82, 2.24) is 20.9 Å². The van der Waals surface area contributed by atoms with Crippen molar-refractivity contribution in [3.63, 3.8) is 0 Å². The number of nitrogens with zero attached hydrogens (tertiary/aromatic N) is 2. The molecule has 0 bridgehead atoms. The fraction of sp³-hybridized carbons (Fsp3) is 0.889. The Morgan fingerprint density at radius 1 is 1.16 bits per heavy atom. The molecule has 1 unspecified atom stereocenters. The molecule has 7 nitrogen and oxygen atoms in total. The normalized spacial score (nSPS) is 19.4. The first-order valence-corrected chi connectivity index (χ1v) is 9.47. The molecule has 0 spiro atoms. The molecule has 1 heterocycles. The van der Waals surface area contributed by atoms with Gasteiger partial charge in [0.1, 0.15) is 5.60 Å². The van der Waals surface area contributed by atoms with Crippen molar-refractivity contribution < 1.29 is 9.53 Å². The summed E-state index contributed by atoms with van der Waals surface area (Å²) < 4.78 is 5.19. The van der Waals surface area contributed by atoms with Crippen LogP contribution in [0.3, 0.4) is 0 Å². The lowest BCUT2D eigenvalue weighted by Gasteiger charge is -2.33. The lowest BCUT2D eigenvalue weighted by atomic mass is 10.0. The van der Waals surface area contributed by atoms with Crippen molar-refractivity contribution in [3.8, 4) is 0 Å². The van der Waals surface area contributed by atoms with Gasteiger partial charge >= 0.3 is 6.09 Å². The monoisotopic (exact) mass is 355 g/mol. The largest absolute Gasteiger partial charge is 0.444 e. The minimum atomic E-state index is -0.458. The number of alkyl carbamates (subject to hydrolysis) is 1. The number of amides is 1. The van der Waals surface area contributed by atoms with Crippen LogP contribution in [0, 0.1) is 0 Å². The van der Waals surface area contributed by atoms with E-state index in [4.69, 9.17) is 4.74 Å². The number of carbonyl (C=O) groups excluding carboxylic acids is 1. The molecular formula is C18H37N5O2. The van der Waals surface area contributed by atoms with Crippen LogP contribution in [-0.2, 0) is 4.74 Å². The van der Waals surface area contributed by atoms with Crippen molar-refractivity contribution in [1.29, 1.82) is 0 Å². The number of hydrogen-bond acceptors (Lipinski definition) is 4. The molecule has 146 valence electrons. The first-order chi connectivity index (χ1) is 11.8.